The van der Waals surface area contributed by atoms with E-state index in [2.05, 4.69) is 5.18 Å². The Labute approximate surface area is 141 Å². The molecule has 2 N–H and O–H groups in total. The van der Waals surface area contributed by atoms with Crippen LogP contribution < -0.4 is 4.90 Å². The van der Waals surface area contributed by atoms with E-state index in [0.29, 0.717) is 31.9 Å². The van der Waals surface area contributed by atoms with Crippen LogP contribution in [0.5, 0.6) is 0 Å². The number of aliphatic hydroxyl groups is 2. The summed E-state index contributed by atoms with van der Waals surface area (Å²) in [6, 6.07) is 14.8. The van der Waals surface area contributed by atoms with E-state index < -0.39 is 0 Å². The lowest BCUT2D eigenvalue weighted by atomic mass is 10.1. The number of ether oxygens (including phenoxy) is 1. The molecule has 0 unspecified atom stereocenters. The summed E-state index contributed by atoms with van der Waals surface area (Å²) in [4.78, 5) is 12.6. The van der Waals surface area contributed by atoms with Crippen molar-refractivity contribution in [2.75, 3.05) is 37.9 Å². The molecule has 0 aliphatic heterocycles. The number of hydrogen-bond donors (Lipinski definition) is 2. The summed E-state index contributed by atoms with van der Waals surface area (Å²) in [5.41, 5.74) is 3.31. The van der Waals surface area contributed by atoms with Gasteiger partial charge in [-0.15, -0.1) is 4.91 Å². The summed E-state index contributed by atoms with van der Waals surface area (Å²) in [6.45, 7) is 1.28. The van der Waals surface area contributed by atoms with Crippen molar-refractivity contribution in [3.8, 4) is 0 Å². The maximum atomic E-state index is 10.6. The average molecular weight is 330 g/mol. The van der Waals surface area contributed by atoms with Crippen LogP contribution >= 0.6 is 0 Å². The Balaban J connectivity index is 2.24. The fourth-order valence-electron chi connectivity index (χ4n) is 2.52. The zero-order valence-electron chi connectivity index (χ0n) is 13.5. The predicted octanol–water partition coefficient (Wildman–Crippen LogP) is 2.77. The number of hydrogen-bond acceptors (Lipinski definition) is 6. The van der Waals surface area contributed by atoms with Gasteiger partial charge in [-0.25, -0.2) is 0 Å². The number of benzene rings is 2. The molecule has 2 aromatic rings. The third-order valence-electron chi connectivity index (χ3n) is 3.62. The summed E-state index contributed by atoms with van der Waals surface area (Å²) in [5.74, 6) is 0. The maximum absolute atomic E-state index is 10.6. The first kappa shape index (κ1) is 18.1. The van der Waals surface area contributed by atoms with Gasteiger partial charge in [0.05, 0.1) is 26.4 Å². The van der Waals surface area contributed by atoms with Crippen LogP contribution in [0.2, 0.25) is 0 Å². The molecule has 0 spiro atoms. The van der Waals surface area contributed by atoms with Crippen LogP contribution in [0.4, 0.5) is 17.1 Å². The molecule has 0 heterocycles. The molecule has 6 nitrogen and oxygen atoms in total. The average Bonchev–Trinajstić information content (AvgIpc) is 2.64. The van der Waals surface area contributed by atoms with Crippen LogP contribution in [0.15, 0.2) is 53.7 Å². The minimum Gasteiger partial charge on any atom is -0.395 e. The minimum absolute atomic E-state index is 0.00300. The normalized spacial score (nSPS) is 10.6. The first-order chi connectivity index (χ1) is 11.8. The molecule has 24 heavy (non-hydrogen) atoms. The van der Waals surface area contributed by atoms with Crippen molar-refractivity contribution in [2.24, 2.45) is 5.18 Å². The van der Waals surface area contributed by atoms with Gasteiger partial charge in [-0.05, 0) is 47.5 Å². The lowest BCUT2D eigenvalue weighted by Gasteiger charge is -2.26. The van der Waals surface area contributed by atoms with Crippen molar-refractivity contribution >= 4 is 17.1 Å². The molecule has 0 atom stereocenters. The summed E-state index contributed by atoms with van der Waals surface area (Å²) >= 11 is 0. The van der Waals surface area contributed by atoms with E-state index in [1.165, 1.54) is 0 Å². The first-order valence-electron chi connectivity index (χ1n) is 7.88. The van der Waals surface area contributed by atoms with Crippen LogP contribution in [0.25, 0.3) is 0 Å². The van der Waals surface area contributed by atoms with Crippen molar-refractivity contribution < 1.29 is 14.9 Å². The molecule has 2 aromatic carbocycles. The van der Waals surface area contributed by atoms with Crippen molar-refractivity contribution in [1.82, 2.24) is 0 Å². The molecular weight excluding hydrogens is 308 g/mol. The van der Waals surface area contributed by atoms with Gasteiger partial charge in [0.15, 0.2) is 0 Å². The first-order valence-corrected chi connectivity index (χ1v) is 7.88. The van der Waals surface area contributed by atoms with Gasteiger partial charge in [-0.2, -0.15) is 0 Å². The van der Waals surface area contributed by atoms with Crippen LogP contribution in [-0.4, -0.2) is 43.2 Å². The number of rotatable bonds is 10. The van der Waals surface area contributed by atoms with Gasteiger partial charge in [0.1, 0.15) is 5.69 Å². The molecule has 0 saturated carbocycles. The highest BCUT2D eigenvalue weighted by Gasteiger charge is 2.13. The fourth-order valence-corrected chi connectivity index (χ4v) is 2.52. The van der Waals surface area contributed by atoms with Gasteiger partial charge in [-0.1, -0.05) is 18.2 Å². The van der Waals surface area contributed by atoms with Crippen molar-refractivity contribution in [3.63, 3.8) is 0 Å². The van der Waals surface area contributed by atoms with E-state index in [9.17, 15) is 10.0 Å². The molecule has 0 fully saturated rings. The lowest BCUT2D eigenvalue weighted by molar-refractivity contribution is 0.0945. The van der Waals surface area contributed by atoms with Gasteiger partial charge in [0.25, 0.3) is 0 Å². The molecule has 0 aliphatic rings. The van der Waals surface area contributed by atoms with Gasteiger partial charge in [-0.3, -0.25) is 0 Å². The van der Waals surface area contributed by atoms with Crippen LogP contribution in [-0.2, 0) is 11.2 Å². The lowest BCUT2D eigenvalue weighted by Crippen LogP contribution is -2.22. The van der Waals surface area contributed by atoms with E-state index in [1.54, 1.807) is 12.1 Å². The molecule has 0 bridgehead atoms. The van der Waals surface area contributed by atoms with E-state index in [4.69, 9.17) is 9.84 Å². The van der Waals surface area contributed by atoms with Crippen LogP contribution in [0.1, 0.15) is 5.56 Å². The van der Waals surface area contributed by atoms with Gasteiger partial charge >= 0.3 is 0 Å². The topological polar surface area (TPSA) is 82.4 Å². The van der Waals surface area contributed by atoms with E-state index in [0.717, 1.165) is 16.9 Å². The van der Waals surface area contributed by atoms with Gasteiger partial charge in [0, 0.05) is 17.9 Å². The summed E-state index contributed by atoms with van der Waals surface area (Å²) < 4.78 is 5.35. The largest absolute Gasteiger partial charge is 0.395 e. The number of para-hydroxylation sites is 1. The minimum atomic E-state index is 0.00300. The molecule has 0 saturated heterocycles. The van der Waals surface area contributed by atoms with Crippen LogP contribution in [0.3, 0.4) is 0 Å². The smallest absolute Gasteiger partial charge is 0.108 e. The predicted molar refractivity (Wildman–Crippen MR) is 94.0 cm³/mol. The summed E-state index contributed by atoms with van der Waals surface area (Å²) in [6.07, 6.45) is 0.700. The number of aliphatic hydroxyl groups excluding tert-OH is 2. The van der Waals surface area contributed by atoms with Crippen molar-refractivity contribution in [1.29, 1.82) is 0 Å². The molecule has 128 valence electrons. The van der Waals surface area contributed by atoms with Crippen molar-refractivity contribution in [3.05, 3.63) is 59.0 Å². The second-order valence-corrected chi connectivity index (χ2v) is 5.20. The van der Waals surface area contributed by atoms with E-state index in [1.807, 2.05) is 41.3 Å². The van der Waals surface area contributed by atoms with E-state index >= 15 is 0 Å². The Kier molecular flexibility index (Phi) is 7.35. The second kappa shape index (κ2) is 9.77. The van der Waals surface area contributed by atoms with Crippen LogP contribution in [0, 0.1) is 4.91 Å². The Bertz CT molecular complexity index is 631. The highest BCUT2D eigenvalue weighted by Crippen LogP contribution is 2.30. The highest BCUT2D eigenvalue weighted by atomic mass is 16.5. The quantitative estimate of drug-likeness (QED) is 0.517. The zero-order chi connectivity index (χ0) is 17.2. The summed E-state index contributed by atoms with van der Waals surface area (Å²) in [7, 11) is 0. The number of anilines is 2. The Morgan fingerprint density at radius 2 is 1.71 bits per heavy atom. The molecule has 0 aromatic heterocycles. The second-order valence-electron chi connectivity index (χ2n) is 5.20. The standard InChI is InChI=1S/C18H22N2O4/c21-11-10-20(17-7-5-16(19-23)6-8-17)18-4-2-1-3-15(18)9-13-24-14-12-22/h1-8,21-22H,9-14H2. The molecule has 6 heteroatoms. The van der Waals surface area contributed by atoms with Gasteiger partial charge < -0.3 is 19.8 Å². The molecule has 0 aliphatic carbocycles. The van der Waals surface area contributed by atoms with Crippen molar-refractivity contribution in [2.45, 2.75) is 6.42 Å². The monoisotopic (exact) mass is 330 g/mol. The third-order valence-corrected chi connectivity index (χ3v) is 3.62. The molecular formula is C18H22N2O4. The zero-order valence-corrected chi connectivity index (χ0v) is 13.5. The SMILES string of the molecule is O=Nc1ccc(N(CCO)c2ccccc2CCOCCO)cc1. The number of nitroso groups, excluding NO2 is 1. The molecule has 2 rings (SSSR count). The Morgan fingerprint density at radius 1 is 0.958 bits per heavy atom. The van der Waals surface area contributed by atoms with Gasteiger partial charge in [0.2, 0.25) is 0 Å². The van der Waals surface area contributed by atoms with E-state index in [-0.39, 0.29) is 13.2 Å². The Hall–Kier alpha value is -2.28. The highest BCUT2D eigenvalue weighted by molar-refractivity contribution is 5.67. The molecule has 0 radical (unpaired) electrons. The molecule has 0 amide bonds. The number of nitrogens with zero attached hydrogens (tertiary/aromatic N) is 2. The Morgan fingerprint density at radius 3 is 2.38 bits per heavy atom. The maximum Gasteiger partial charge on any atom is 0.108 e. The fraction of sp³-hybridized carbons (Fsp3) is 0.333. The third kappa shape index (κ3) is 4.86. The summed E-state index contributed by atoms with van der Waals surface area (Å²) in [5, 5.41) is 21.1.